The molecule has 4 rings (SSSR count). The van der Waals surface area contributed by atoms with Crippen LogP contribution in [0, 0.1) is 0 Å². The van der Waals surface area contributed by atoms with E-state index in [0.29, 0.717) is 23.2 Å². The zero-order valence-corrected chi connectivity index (χ0v) is 18.8. The summed E-state index contributed by atoms with van der Waals surface area (Å²) in [6, 6.07) is 16.1. The van der Waals surface area contributed by atoms with E-state index < -0.39 is 17.2 Å². The van der Waals surface area contributed by atoms with Gasteiger partial charge in [-0.3, -0.25) is 28.8 Å². The molecule has 0 unspecified atom stereocenters. The van der Waals surface area contributed by atoms with Crippen molar-refractivity contribution in [3.63, 3.8) is 0 Å². The molecule has 34 heavy (non-hydrogen) atoms. The number of amides is 2. The van der Waals surface area contributed by atoms with Crippen LogP contribution in [-0.2, 0) is 11.3 Å². The Labute approximate surface area is 195 Å². The van der Waals surface area contributed by atoms with Gasteiger partial charge in [0.15, 0.2) is 5.69 Å². The molecule has 0 aliphatic carbocycles. The molecule has 3 N–H and O–H groups in total. The lowest BCUT2D eigenvalue weighted by molar-refractivity contribution is -0.118. The summed E-state index contributed by atoms with van der Waals surface area (Å²) in [5.74, 6) is -0.957. The Morgan fingerprint density at radius 3 is 2.32 bits per heavy atom. The third-order valence-electron chi connectivity index (χ3n) is 5.75. The minimum atomic E-state index is -0.761. The van der Waals surface area contributed by atoms with Gasteiger partial charge in [-0.15, -0.1) is 0 Å². The predicted octanol–water partition coefficient (Wildman–Crippen LogP) is 2.04. The van der Waals surface area contributed by atoms with Crippen molar-refractivity contribution in [1.82, 2.24) is 14.5 Å². The minimum Gasteiger partial charge on any atom is -0.383 e. The first-order chi connectivity index (χ1) is 16.3. The standard InChI is InChI=1S/C25H25N5O4/c1-3-13-28(20(31)15-29-16(2)18-11-7-8-12-19(18)24(29)33)21-22(26)30(25(34)27-23(21)32)14-17-9-5-4-6-10-17/h4-12H,2-3,13-15,26H2,1H3,(H,27,32,34). The van der Waals surface area contributed by atoms with Gasteiger partial charge in [-0.05, 0) is 18.1 Å². The number of H-pyrrole nitrogens is 1. The Morgan fingerprint density at radius 1 is 1.03 bits per heavy atom. The van der Waals surface area contributed by atoms with E-state index in [1.165, 1.54) is 14.4 Å². The van der Waals surface area contributed by atoms with Crippen LogP contribution in [0.5, 0.6) is 0 Å². The fourth-order valence-corrected chi connectivity index (χ4v) is 4.07. The fourth-order valence-electron chi connectivity index (χ4n) is 4.07. The number of aromatic nitrogens is 2. The average molecular weight is 460 g/mol. The van der Waals surface area contributed by atoms with Gasteiger partial charge in [0.05, 0.1) is 6.54 Å². The minimum absolute atomic E-state index is 0.114. The summed E-state index contributed by atoms with van der Waals surface area (Å²) in [7, 11) is 0. The summed E-state index contributed by atoms with van der Waals surface area (Å²) in [6.07, 6.45) is 0.525. The van der Waals surface area contributed by atoms with E-state index in [2.05, 4.69) is 11.6 Å². The third kappa shape index (κ3) is 4.03. The number of carbonyl (C=O) groups is 2. The Kier molecular flexibility index (Phi) is 6.18. The summed E-state index contributed by atoms with van der Waals surface area (Å²) in [5.41, 5.74) is 7.10. The van der Waals surface area contributed by atoms with Gasteiger partial charge in [0, 0.05) is 23.4 Å². The van der Waals surface area contributed by atoms with Crippen LogP contribution >= 0.6 is 0 Å². The highest BCUT2D eigenvalue weighted by atomic mass is 16.2. The van der Waals surface area contributed by atoms with E-state index in [-0.39, 0.29) is 37.0 Å². The number of aromatic amines is 1. The largest absolute Gasteiger partial charge is 0.383 e. The smallest absolute Gasteiger partial charge is 0.330 e. The van der Waals surface area contributed by atoms with E-state index in [4.69, 9.17) is 5.73 Å². The van der Waals surface area contributed by atoms with Crippen LogP contribution in [0.4, 0.5) is 11.5 Å². The number of hydrogen-bond acceptors (Lipinski definition) is 5. The number of hydrogen-bond donors (Lipinski definition) is 2. The topological polar surface area (TPSA) is 121 Å². The molecule has 0 bridgehead atoms. The maximum Gasteiger partial charge on any atom is 0.330 e. The second kappa shape index (κ2) is 9.22. The van der Waals surface area contributed by atoms with Gasteiger partial charge in [-0.1, -0.05) is 62.0 Å². The molecule has 1 aliphatic heterocycles. The van der Waals surface area contributed by atoms with Crippen molar-refractivity contribution in [3.05, 3.63) is 98.7 Å². The number of carbonyl (C=O) groups excluding carboxylic acids is 2. The van der Waals surface area contributed by atoms with Gasteiger partial charge >= 0.3 is 5.69 Å². The molecule has 174 valence electrons. The quantitative estimate of drug-likeness (QED) is 0.560. The van der Waals surface area contributed by atoms with Gasteiger partial charge in [0.1, 0.15) is 12.4 Å². The molecule has 2 heterocycles. The molecular weight excluding hydrogens is 434 g/mol. The van der Waals surface area contributed by atoms with Crippen LogP contribution in [0.25, 0.3) is 5.70 Å². The van der Waals surface area contributed by atoms with Crippen LogP contribution in [0.2, 0.25) is 0 Å². The van der Waals surface area contributed by atoms with Crippen molar-refractivity contribution in [3.8, 4) is 0 Å². The van der Waals surface area contributed by atoms with Gasteiger partial charge in [-0.25, -0.2) is 4.79 Å². The van der Waals surface area contributed by atoms with E-state index in [0.717, 1.165) is 5.56 Å². The second-order valence-electron chi connectivity index (χ2n) is 7.99. The molecule has 1 aromatic heterocycles. The van der Waals surface area contributed by atoms with Gasteiger partial charge in [-0.2, -0.15) is 0 Å². The van der Waals surface area contributed by atoms with Gasteiger partial charge in [0.2, 0.25) is 5.91 Å². The molecule has 2 amide bonds. The van der Waals surface area contributed by atoms with Crippen LogP contribution < -0.4 is 21.9 Å². The summed E-state index contributed by atoms with van der Waals surface area (Å²) in [5, 5.41) is 0. The van der Waals surface area contributed by atoms with E-state index >= 15 is 0 Å². The van der Waals surface area contributed by atoms with E-state index in [1.54, 1.807) is 24.3 Å². The monoisotopic (exact) mass is 459 g/mol. The molecule has 9 nitrogen and oxygen atoms in total. The van der Waals surface area contributed by atoms with Crippen molar-refractivity contribution in [1.29, 1.82) is 0 Å². The van der Waals surface area contributed by atoms with E-state index in [9.17, 15) is 19.2 Å². The van der Waals surface area contributed by atoms with Crippen molar-refractivity contribution in [2.45, 2.75) is 19.9 Å². The van der Waals surface area contributed by atoms with Crippen LogP contribution in [-0.4, -0.2) is 39.4 Å². The number of benzene rings is 2. The maximum absolute atomic E-state index is 13.4. The Hall–Kier alpha value is -4.40. The molecule has 0 saturated carbocycles. The summed E-state index contributed by atoms with van der Waals surface area (Å²) < 4.78 is 1.22. The Balaban J connectivity index is 1.69. The van der Waals surface area contributed by atoms with Crippen molar-refractivity contribution < 1.29 is 9.59 Å². The number of nitrogens with zero attached hydrogens (tertiary/aromatic N) is 3. The SMILES string of the molecule is C=C1c2ccccc2C(=O)N1CC(=O)N(CCC)c1c(N)n(Cc2ccccc2)c(=O)[nH]c1=O. The summed E-state index contributed by atoms with van der Waals surface area (Å²) in [4.78, 5) is 56.3. The highest BCUT2D eigenvalue weighted by Crippen LogP contribution is 2.31. The number of nitrogens with one attached hydrogen (secondary N) is 1. The molecular formula is C25H25N5O4. The van der Waals surface area contributed by atoms with Crippen molar-refractivity contribution >= 4 is 29.0 Å². The summed E-state index contributed by atoms with van der Waals surface area (Å²) in [6.45, 7) is 5.80. The molecule has 0 spiro atoms. The molecule has 9 heteroatoms. The van der Waals surface area contributed by atoms with Crippen molar-refractivity contribution in [2.24, 2.45) is 0 Å². The predicted molar refractivity (Wildman–Crippen MR) is 130 cm³/mol. The molecule has 1 aliphatic rings. The first kappa shape index (κ1) is 22.8. The number of fused-ring (bicyclic) bond motifs is 1. The summed E-state index contributed by atoms with van der Waals surface area (Å²) >= 11 is 0. The molecule has 0 atom stereocenters. The molecule has 0 fully saturated rings. The van der Waals surface area contributed by atoms with Crippen LogP contribution in [0.3, 0.4) is 0 Å². The lowest BCUT2D eigenvalue weighted by Crippen LogP contribution is -2.45. The first-order valence-corrected chi connectivity index (χ1v) is 10.9. The van der Waals surface area contributed by atoms with Crippen LogP contribution in [0.15, 0.2) is 70.8 Å². The zero-order chi connectivity index (χ0) is 24.4. The van der Waals surface area contributed by atoms with Crippen LogP contribution in [0.1, 0.15) is 34.8 Å². The fraction of sp³-hybridized carbons (Fsp3) is 0.200. The Morgan fingerprint density at radius 2 is 1.68 bits per heavy atom. The lowest BCUT2D eigenvalue weighted by Gasteiger charge is -2.26. The number of rotatable bonds is 7. The number of anilines is 2. The van der Waals surface area contributed by atoms with Gasteiger partial charge in [0.25, 0.3) is 11.5 Å². The molecule has 0 radical (unpaired) electrons. The first-order valence-electron chi connectivity index (χ1n) is 10.9. The highest BCUT2D eigenvalue weighted by Gasteiger charge is 2.34. The number of nitrogen functional groups attached to an aromatic ring is 1. The molecule has 0 saturated heterocycles. The second-order valence-corrected chi connectivity index (χ2v) is 7.99. The van der Waals surface area contributed by atoms with Crippen molar-refractivity contribution in [2.75, 3.05) is 23.7 Å². The normalized spacial score (nSPS) is 12.7. The Bertz CT molecular complexity index is 1360. The highest BCUT2D eigenvalue weighted by molar-refractivity contribution is 6.11. The van der Waals surface area contributed by atoms with Gasteiger partial charge < -0.3 is 10.6 Å². The third-order valence-corrected chi connectivity index (χ3v) is 5.75. The van der Waals surface area contributed by atoms with E-state index in [1.807, 2.05) is 37.3 Å². The average Bonchev–Trinajstić information content (AvgIpc) is 3.06. The number of nitrogens with two attached hydrogens (primary N) is 1. The maximum atomic E-state index is 13.4. The molecule has 2 aromatic carbocycles. The lowest BCUT2D eigenvalue weighted by atomic mass is 10.1. The zero-order valence-electron chi connectivity index (χ0n) is 18.8. The molecule has 3 aromatic rings.